The number of carbonyl (C=O) groups is 1. The molecule has 0 amide bonds. The molecule has 0 fully saturated rings. The van der Waals surface area contributed by atoms with Crippen LogP contribution in [0.2, 0.25) is 5.02 Å². The summed E-state index contributed by atoms with van der Waals surface area (Å²) in [7, 11) is -4.39. The maximum absolute atomic E-state index is 14.2. The zero-order valence-corrected chi connectivity index (χ0v) is 23.0. The second kappa shape index (κ2) is 9.39. The molecule has 2 N–H and O–H groups in total. The minimum Gasteiger partial charge on any atom is -0.457 e. The number of sulfonamides is 1. The molecule has 0 saturated heterocycles. The predicted molar refractivity (Wildman–Crippen MR) is 140 cm³/mol. The Kier molecular flexibility index (Phi) is 6.47. The van der Waals surface area contributed by atoms with E-state index in [2.05, 4.69) is 11.2 Å². The van der Waals surface area contributed by atoms with Gasteiger partial charge in [0.1, 0.15) is 9.92 Å². The molecule has 1 aliphatic heterocycles. The van der Waals surface area contributed by atoms with Crippen molar-refractivity contribution in [3.05, 3.63) is 79.5 Å². The maximum Gasteiger partial charge on any atom is 0.240 e. The number of thiophene rings is 1. The fourth-order valence-corrected chi connectivity index (χ4v) is 7.72. The number of aromatic nitrogens is 1. The zero-order valence-electron chi connectivity index (χ0n) is 20.6. The highest BCUT2D eigenvalue weighted by molar-refractivity contribution is 7.89. The lowest BCUT2D eigenvalue weighted by atomic mass is 9.61. The number of hydrogen-bond donors (Lipinski definition) is 1. The van der Waals surface area contributed by atoms with Crippen molar-refractivity contribution in [2.45, 2.75) is 37.5 Å². The minimum absolute atomic E-state index is 0.00827. The Morgan fingerprint density at radius 3 is 2.71 bits per heavy atom. The number of halogens is 1. The summed E-state index contributed by atoms with van der Waals surface area (Å²) in [6.07, 6.45) is 2.14. The van der Waals surface area contributed by atoms with Crippen molar-refractivity contribution in [2.24, 2.45) is 11.1 Å². The van der Waals surface area contributed by atoms with Crippen LogP contribution in [0.1, 0.15) is 46.8 Å². The van der Waals surface area contributed by atoms with Crippen LogP contribution in [-0.4, -0.2) is 26.2 Å². The van der Waals surface area contributed by atoms with E-state index in [1.807, 2.05) is 13.8 Å². The van der Waals surface area contributed by atoms with Gasteiger partial charge < -0.3 is 14.0 Å². The number of ketones is 1. The Morgan fingerprint density at radius 1 is 1.34 bits per heavy atom. The normalized spacial score (nSPS) is 20.8. The van der Waals surface area contributed by atoms with E-state index >= 15 is 0 Å². The number of carbonyl (C=O) groups excluding carboxylic acids is 1. The van der Waals surface area contributed by atoms with Gasteiger partial charge in [-0.25, -0.2) is 13.6 Å². The van der Waals surface area contributed by atoms with E-state index in [9.17, 15) is 18.5 Å². The number of ether oxygens (including phenoxy) is 2. The molecule has 1 aliphatic carbocycles. The van der Waals surface area contributed by atoms with Gasteiger partial charge >= 0.3 is 0 Å². The Balaban J connectivity index is 1.73. The van der Waals surface area contributed by atoms with Crippen molar-refractivity contribution in [3.8, 4) is 17.4 Å². The van der Waals surface area contributed by atoms with E-state index < -0.39 is 21.2 Å². The van der Waals surface area contributed by atoms with Gasteiger partial charge in [-0.05, 0) is 25.0 Å². The first kappa shape index (κ1) is 26.2. The fourth-order valence-electron chi connectivity index (χ4n) is 5.28. The summed E-state index contributed by atoms with van der Waals surface area (Å²) >= 11 is 7.21. The Hall–Kier alpha value is -3.43. The lowest BCUT2D eigenvalue weighted by molar-refractivity contribution is 0.0582. The number of allylic oxidation sites excluding steroid dienone is 3. The average Bonchev–Trinajstić information content (AvgIpc) is 3.63. The third kappa shape index (κ3) is 3.79. The Morgan fingerprint density at radius 2 is 2.08 bits per heavy atom. The van der Waals surface area contributed by atoms with E-state index in [4.69, 9.17) is 30.7 Å². The highest BCUT2D eigenvalue weighted by Gasteiger charge is 2.51. The highest BCUT2D eigenvalue weighted by atomic mass is 35.5. The number of nitrogens with zero attached hydrogens (tertiary/aromatic N) is 2. The van der Waals surface area contributed by atoms with Crippen LogP contribution in [0.4, 0.5) is 0 Å². The molecule has 0 bridgehead atoms. The van der Waals surface area contributed by atoms with E-state index in [1.165, 1.54) is 5.38 Å². The molecule has 5 rings (SSSR count). The van der Waals surface area contributed by atoms with Gasteiger partial charge in [0.25, 0.3) is 0 Å². The molecule has 2 aliphatic rings. The van der Waals surface area contributed by atoms with Gasteiger partial charge in [-0.1, -0.05) is 54.9 Å². The van der Waals surface area contributed by atoms with Gasteiger partial charge in [-0.15, -0.1) is 11.3 Å². The summed E-state index contributed by atoms with van der Waals surface area (Å²) in [6, 6.07) is 9.14. The average molecular weight is 572 g/mol. The predicted octanol–water partition coefficient (Wildman–Crippen LogP) is 5.21. The van der Waals surface area contributed by atoms with Crippen LogP contribution in [0, 0.1) is 24.2 Å². The van der Waals surface area contributed by atoms with Crippen molar-refractivity contribution >= 4 is 38.7 Å². The number of hydrogen-bond acceptors (Lipinski definition) is 9. The van der Waals surface area contributed by atoms with Crippen LogP contribution in [0.5, 0.6) is 0 Å². The van der Waals surface area contributed by atoms with Crippen LogP contribution < -0.4 is 5.14 Å². The number of primary sulfonamides is 1. The molecule has 2 aromatic heterocycles. The molecule has 12 heteroatoms. The monoisotopic (exact) mass is 571 g/mol. The SMILES string of the molecule is CCC1(c2ccccc2C(=O)c2scc(-c3onc(C)c3Cl)c2S(N)(=O)=O)C2=C(C=C(C#N)C1C)OCO2. The molecule has 196 valence electrons. The number of nitriles is 1. The summed E-state index contributed by atoms with van der Waals surface area (Å²) in [4.78, 5) is 13.7. The van der Waals surface area contributed by atoms with Crippen LogP contribution in [0.15, 0.2) is 62.2 Å². The second-order valence-electron chi connectivity index (χ2n) is 9.00. The summed E-state index contributed by atoms with van der Waals surface area (Å²) in [6.45, 7) is 5.44. The van der Waals surface area contributed by atoms with Crippen LogP contribution >= 0.6 is 22.9 Å². The van der Waals surface area contributed by atoms with Crippen LogP contribution in [0.3, 0.4) is 0 Å². The molecular formula is C26H22ClN3O6S2. The molecule has 3 aromatic rings. The third-order valence-electron chi connectivity index (χ3n) is 7.15. The number of benzene rings is 1. The number of aryl methyl sites for hydroxylation is 1. The van der Waals surface area contributed by atoms with Gasteiger partial charge in [0.2, 0.25) is 22.6 Å². The smallest absolute Gasteiger partial charge is 0.240 e. The van der Waals surface area contributed by atoms with Gasteiger partial charge in [0, 0.05) is 22.4 Å². The standard InChI is InChI=1S/C26H22ClN3O6S2/c1-4-26(13(2)15(10-28)9-19-25(26)35-12-34-19)18-8-6-5-7-16(18)21(31)23-24(38(29,32)33)17(11-37-23)22-20(27)14(3)30-36-22/h5-9,11,13H,4,12H2,1-3H3,(H2,29,32,33). The zero-order chi connectivity index (χ0) is 27.4. The Labute approximate surface area is 228 Å². The molecule has 0 radical (unpaired) electrons. The third-order valence-corrected chi connectivity index (χ3v) is 9.70. The van der Waals surface area contributed by atoms with Gasteiger partial charge in [0.15, 0.2) is 17.3 Å². The molecule has 2 atom stereocenters. The minimum atomic E-state index is -4.39. The first-order valence-corrected chi connectivity index (χ1v) is 14.4. The first-order chi connectivity index (χ1) is 18.1. The van der Waals surface area contributed by atoms with Gasteiger partial charge in [-0.3, -0.25) is 4.79 Å². The Bertz CT molecular complexity index is 1700. The van der Waals surface area contributed by atoms with E-state index in [1.54, 1.807) is 37.3 Å². The summed E-state index contributed by atoms with van der Waals surface area (Å²) < 4.78 is 42.4. The van der Waals surface area contributed by atoms with E-state index in [0.717, 1.165) is 11.3 Å². The van der Waals surface area contributed by atoms with E-state index in [-0.39, 0.29) is 44.4 Å². The second-order valence-corrected chi connectivity index (χ2v) is 11.8. The highest BCUT2D eigenvalue weighted by Crippen LogP contribution is 2.53. The molecule has 2 unspecified atom stereocenters. The topological polar surface area (TPSA) is 146 Å². The number of rotatable bonds is 6. The van der Waals surface area contributed by atoms with Crippen LogP contribution in [0.25, 0.3) is 11.3 Å². The van der Waals surface area contributed by atoms with Crippen molar-refractivity contribution in [1.29, 1.82) is 5.26 Å². The molecule has 38 heavy (non-hydrogen) atoms. The van der Waals surface area contributed by atoms with Crippen molar-refractivity contribution in [1.82, 2.24) is 5.16 Å². The molecule has 1 aromatic carbocycles. The van der Waals surface area contributed by atoms with Crippen LogP contribution in [-0.2, 0) is 24.9 Å². The van der Waals surface area contributed by atoms with Crippen molar-refractivity contribution < 1.29 is 27.2 Å². The maximum atomic E-state index is 14.2. The first-order valence-electron chi connectivity index (χ1n) is 11.6. The lowest BCUT2D eigenvalue weighted by Crippen LogP contribution is -2.40. The molecule has 3 heterocycles. The summed E-state index contributed by atoms with van der Waals surface area (Å²) in [5.41, 5.74) is 0.839. The largest absolute Gasteiger partial charge is 0.457 e. The number of nitrogens with two attached hydrogens (primary N) is 1. The lowest BCUT2D eigenvalue weighted by Gasteiger charge is -2.41. The molecule has 9 nitrogen and oxygen atoms in total. The molecular weight excluding hydrogens is 550 g/mol. The molecule has 0 spiro atoms. The van der Waals surface area contributed by atoms with Gasteiger partial charge in [0.05, 0.1) is 27.6 Å². The fraction of sp³-hybridized carbons (Fsp3) is 0.269. The van der Waals surface area contributed by atoms with Gasteiger partial charge in [-0.2, -0.15) is 5.26 Å². The summed E-state index contributed by atoms with van der Waals surface area (Å²) in [5.74, 6) is 0.0802. The summed E-state index contributed by atoms with van der Waals surface area (Å²) in [5, 5.41) is 20.9. The van der Waals surface area contributed by atoms with Crippen molar-refractivity contribution in [2.75, 3.05) is 6.79 Å². The van der Waals surface area contributed by atoms with Crippen molar-refractivity contribution in [3.63, 3.8) is 0 Å². The van der Waals surface area contributed by atoms with E-state index in [0.29, 0.717) is 34.8 Å². The quantitative estimate of drug-likeness (QED) is 0.397. The molecule has 0 saturated carbocycles.